The average Bonchev–Trinajstić information content (AvgIpc) is 3.19. The van der Waals surface area contributed by atoms with E-state index in [0.29, 0.717) is 11.0 Å². The Labute approximate surface area is 185 Å². The predicted molar refractivity (Wildman–Crippen MR) is 125 cm³/mol. The summed E-state index contributed by atoms with van der Waals surface area (Å²) in [5, 5.41) is 11.8. The molecule has 0 saturated carbocycles. The van der Waals surface area contributed by atoms with Crippen molar-refractivity contribution in [2.45, 2.75) is 18.1 Å². The first-order valence-corrected chi connectivity index (χ1v) is 10.9. The minimum absolute atomic E-state index is 0.0890. The second kappa shape index (κ2) is 9.49. The van der Waals surface area contributed by atoms with Gasteiger partial charge in [0, 0.05) is 5.56 Å². The number of hydrogen-bond donors (Lipinski definition) is 2. The summed E-state index contributed by atoms with van der Waals surface area (Å²) in [4.78, 5) is 12.4. The molecule has 0 unspecified atom stereocenters. The van der Waals surface area contributed by atoms with E-state index in [1.54, 1.807) is 0 Å². The molecule has 6 nitrogen and oxygen atoms in total. The van der Waals surface area contributed by atoms with Crippen molar-refractivity contribution in [2.24, 2.45) is 0 Å². The number of nitrogen functional groups attached to an aromatic ring is 1. The molecule has 1 atom stereocenters. The molecule has 3 N–H and O–H groups in total. The zero-order chi connectivity index (χ0) is 21.6. The number of aromatic nitrogens is 3. The fraction of sp³-hybridized carbons (Fsp3) is 0.125. The number of nitrogens with two attached hydrogens (primary N) is 1. The van der Waals surface area contributed by atoms with Gasteiger partial charge in [-0.25, -0.2) is 4.68 Å². The van der Waals surface area contributed by atoms with Crippen molar-refractivity contribution in [1.29, 1.82) is 0 Å². The first-order chi connectivity index (χ1) is 15.1. The predicted octanol–water partition coefficient (Wildman–Crippen LogP) is 4.30. The molecule has 1 aromatic heterocycles. The summed E-state index contributed by atoms with van der Waals surface area (Å²) >= 11 is 1.26. The van der Waals surface area contributed by atoms with E-state index < -0.39 is 0 Å². The number of hydrogen-bond acceptors (Lipinski definition) is 5. The van der Waals surface area contributed by atoms with Crippen LogP contribution in [-0.2, 0) is 4.79 Å². The summed E-state index contributed by atoms with van der Waals surface area (Å²) in [6, 6.07) is 27.9. The van der Waals surface area contributed by atoms with Gasteiger partial charge >= 0.3 is 0 Å². The minimum atomic E-state index is -0.103. The lowest BCUT2D eigenvalue weighted by Gasteiger charge is -2.15. The average molecular weight is 430 g/mol. The van der Waals surface area contributed by atoms with Crippen molar-refractivity contribution >= 4 is 17.7 Å². The van der Waals surface area contributed by atoms with Crippen LogP contribution in [0.5, 0.6) is 0 Å². The molecule has 156 valence electrons. The first-order valence-electron chi connectivity index (χ1n) is 9.95. The number of carbonyl (C=O) groups excluding carboxylic acids is 1. The van der Waals surface area contributed by atoms with E-state index in [0.717, 1.165) is 16.7 Å². The zero-order valence-electron chi connectivity index (χ0n) is 17.1. The van der Waals surface area contributed by atoms with Crippen molar-refractivity contribution in [2.75, 3.05) is 11.6 Å². The van der Waals surface area contributed by atoms with Gasteiger partial charge in [-0.2, -0.15) is 0 Å². The van der Waals surface area contributed by atoms with Gasteiger partial charge in [0.1, 0.15) is 0 Å². The van der Waals surface area contributed by atoms with Crippen LogP contribution in [0.4, 0.5) is 0 Å². The van der Waals surface area contributed by atoms with E-state index in [4.69, 9.17) is 5.84 Å². The Morgan fingerprint density at radius 2 is 1.48 bits per heavy atom. The van der Waals surface area contributed by atoms with Gasteiger partial charge in [0.15, 0.2) is 5.82 Å². The third kappa shape index (κ3) is 4.95. The monoisotopic (exact) mass is 429 g/mol. The molecule has 0 bridgehead atoms. The summed E-state index contributed by atoms with van der Waals surface area (Å²) in [6.07, 6.45) is 0. The van der Waals surface area contributed by atoms with Crippen LogP contribution in [0.3, 0.4) is 0 Å². The van der Waals surface area contributed by atoms with Crippen LogP contribution in [0.15, 0.2) is 90.1 Å². The number of benzene rings is 3. The number of amides is 1. The highest BCUT2D eigenvalue weighted by molar-refractivity contribution is 7.99. The van der Waals surface area contributed by atoms with Crippen LogP contribution in [0.25, 0.3) is 22.5 Å². The number of rotatable bonds is 7. The SMILES string of the molecule is C[C@H](NC(=O)CSc1nnc(-c2ccccc2)n1N)c1ccc(-c2ccccc2)cc1. The van der Waals surface area contributed by atoms with Gasteiger partial charge in [-0.15, -0.1) is 10.2 Å². The second-order valence-corrected chi connectivity index (χ2v) is 8.05. The molecule has 1 heterocycles. The lowest BCUT2D eigenvalue weighted by atomic mass is 10.0. The highest BCUT2D eigenvalue weighted by Gasteiger charge is 2.15. The molecular formula is C24H23N5OS. The maximum absolute atomic E-state index is 12.4. The quantitative estimate of drug-likeness (QED) is 0.338. The summed E-state index contributed by atoms with van der Waals surface area (Å²) in [7, 11) is 0. The highest BCUT2D eigenvalue weighted by atomic mass is 32.2. The molecule has 0 aliphatic heterocycles. The Kier molecular flexibility index (Phi) is 6.33. The summed E-state index contributed by atoms with van der Waals surface area (Å²) in [6.45, 7) is 1.97. The van der Waals surface area contributed by atoms with Gasteiger partial charge in [-0.3, -0.25) is 4.79 Å². The molecule has 0 radical (unpaired) electrons. The molecule has 0 aliphatic rings. The lowest BCUT2D eigenvalue weighted by molar-refractivity contribution is -0.119. The summed E-state index contributed by atoms with van der Waals surface area (Å²) < 4.78 is 1.42. The Morgan fingerprint density at radius 3 is 2.13 bits per heavy atom. The maximum atomic E-state index is 12.4. The molecule has 0 saturated heterocycles. The summed E-state index contributed by atoms with van der Waals surface area (Å²) in [5.41, 5.74) is 4.24. The minimum Gasteiger partial charge on any atom is -0.349 e. The highest BCUT2D eigenvalue weighted by Crippen LogP contribution is 2.23. The van der Waals surface area contributed by atoms with Crippen LogP contribution in [0.1, 0.15) is 18.5 Å². The third-order valence-electron chi connectivity index (χ3n) is 4.92. The van der Waals surface area contributed by atoms with Gasteiger partial charge < -0.3 is 11.2 Å². The Morgan fingerprint density at radius 1 is 0.903 bits per heavy atom. The zero-order valence-corrected chi connectivity index (χ0v) is 17.9. The van der Waals surface area contributed by atoms with E-state index >= 15 is 0 Å². The molecule has 31 heavy (non-hydrogen) atoms. The molecule has 0 fully saturated rings. The molecular weight excluding hydrogens is 406 g/mol. The number of thioether (sulfide) groups is 1. The molecule has 0 spiro atoms. The van der Waals surface area contributed by atoms with E-state index in [1.165, 1.54) is 22.0 Å². The lowest BCUT2D eigenvalue weighted by Crippen LogP contribution is -2.28. The number of carbonyl (C=O) groups is 1. The van der Waals surface area contributed by atoms with Crippen molar-refractivity contribution in [3.8, 4) is 22.5 Å². The van der Waals surface area contributed by atoms with Crippen LogP contribution in [0.2, 0.25) is 0 Å². The van der Waals surface area contributed by atoms with Gasteiger partial charge in [0.25, 0.3) is 0 Å². The van der Waals surface area contributed by atoms with Crippen molar-refractivity contribution in [1.82, 2.24) is 20.2 Å². The van der Waals surface area contributed by atoms with Crippen LogP contribution in [-0.4, -0.2) is 26.5 Å². The van der Waals surface area contributed by atoms with Gasteiger partial charge in [0.2, 0.25) is 11.1 Å². The second-order valence-electron chi connectivity index (χ2n) is 7.11. The van der Waals surface area contributed by atoms with Crippen LogP contribution < -0.4 is 11.2 Å². The molecule has 4 aromatic rings. The van der Waals surface area contributed by atoms with Gasteiger partial charge in [0.05, 0.1) is 11.8 Å². The largest absolute Gasteiger partial charge is 0.349 e. The Balaban J connectivity index is 1.33. The van der Waals surface area contributed by atoms with Crippen molar-refractivity contribution in [3.63, 3.8) is 0 Å². The van der Waals surface area contributed by atoms with Crippen LogP contribution >= 0.6 is 11.8 Å². The van der Waals surface area contributed by atoms with E-state index in [-0.39, 0.29) is 17.7 Å². The number of nitrogens with zero attached hydrogens (tertiary/aromatic N) is 3. The van der Waals surface area contributed by atoms with Crippen molar-refractivity contribution < 1.29 is 4.79 Å². The molecule has 3 aromatic carbocycles. The van der Waals surface area contributed by atoms with E-state index in [2.05, 4.69) is 39.8 Å². The Hall–Kier alpha value is -3.58. The van der Waals surface area contributed by atoms with Gasteiger partial charge in [-0.1, -0.05) is 96.7 Å². The number of nitrogens with one attached hydrogen (secondary N) is 1. The third-order valence-corrected chi connectivity index (χ3v) is 5.87. The Bertz CT molecular complexity index is 1140. The molecule has 4 rings (SSSR count). The van der Waals surface area contributed by atoms with E-state index in [1.807, 2.05) is 67.6 Å². The molecule has 0 aliphatic carbocycles. The van der Waals surface area contributed by atoms with Crippen LogP contribution in [0, 0.1) is 0 Å². The standard InChI is InChI=1S/C24H23N5OS/c1-17(18-12-14-20(15-13-18)19-8-4-2-5-9-19)26-22(30)16-31-24-28-27-23(29(24)25)21-10-6-3-7-11-21/h2-15,17H,16,25H2,1H3,(H,26,30)/t17-/m0/s1. The maximum Gasteiger partial charge on any atom is 0.230 e. The molecule has 1 amide bonds. The molecule has 7 heteroatoms. The topological polar surface area (TPSA) is 85.8 Å². The smallest absolute Gasteiger partial charge is 0.230 e. The fourth-order valence-electron chi connectivity index (χ4n) is 3.25. The first kappa shape index (κ1) is 20.7. The fourth-order valence-corrected chi connectivity index (χ4v) is 3.92. The van der Waals surface area contributed by atoms with Crippen molar-refractivity contribution in [3.05, 3.63) is 90.5 Å². The van der Waals surface area contributed by atoms with Gasteiger partial charge in [-0.05, 0) is 23.6 Å². The normalized spacial score (nSPS) is 11.8. The summed E-state index contributed by atoms with van der Waals surface area (Å²) in [5.74, 6) is 6.80. The van der Waals surface area contributed by atoms with E-state index in [9.17, 15) is 4.79 Å².